The first-order chi connectivity index (χ1) is 7.04. The van der Waals surface area contributed by atoms with Gasteiger partial charge in [-0.2, -0.15) is 0 Å². The molecule has 0 aliphatic rings. The number of benzene rings is 1. The van der Waals surface area contributed by atoms with Crippen LogP contribution in [0.1, 0.15) is 25.0 Å². The fourth-order valence-corrected chi connectivity index (χ4v) is 1.77. The molecule has 0 radical (unpaired) electrons. The normalized spacial score (nSPS) is 13.2. The van der Waals surface area contributed by atoms with Gasteiger partial charge in [-0.3, -0.25) is 0 Å². The van der Waals surface area contributed by atoms with Gasteiger partial charge in [0.25, 0.3) is 0 Å². The number of hydrogen-bond donors (Lipinski definition) is 1. The second kappa shape index (κ2) is 5.26. The third kappa shape index (κ3) is 3.31. The molecular formula is C13H20FN. The van der Waals surface area contributed by atoms with Gasteiger partial charge < -0.3 is 5.32 Å². The Morgan fingerprint density at radius 3 is 2.53 bits per heavy atom. The standard InChI is InChI=1S/C13H20FN/c1-9(2)13(15-4)8-11-7-12(14)6-5-10(11)3/h5-7,9,13,15H,8H2,1-4H3. The van der Waals surface area contributed by atoms with Crippen molar-refractivity contribution in [1.82, 2.24) is 5.32 Å². The Labute approximate surface area is 91.7 Å². The van der Waals surface area contributed by atoms with Gasteiger partial charge in [-0.1, -0.05) is 19.9 Å². The molecule has 0 saturated heterocycles. The first kappa shape index (κ1) is 12.2. The molecule has 1 rings (SSSR count). The number of halogens is 1. The smallest absolute Gasteiger partial charge is 0.123 e. The van der Waals surface area contributed by atoms with Crippen LogP contribution >= 0.6 is 0 Å². The average molecular weight is 209 g/mol. The molecule has 15 heavy (non-hydrogen) atoms. The average Bonchev–Trinajstić information content (AvgIpc) is 2.18. The van der Waals surface area contributed by atoms with E-state index in [2.05, 4.69) is 19.2 Å². The van der Waals surface area contributed by atoms with Gasteiger partial charge in [0.2, 0.25) is 0 Å². The van der Waals surface area contributed by atoms with E-state index in [1.807, 2.05) is 20.0 Å². The molecule has 1 aromatic rings. The van der Waals surface area contributed by atoms with Gasteiger partial charge >= 0.3 is 0 Å². The van der Waals surface area contributed by atoms with Gasteiger partial charge in [0.1, 0.15) is 5.82 Å². The van der Waals surface area contributed by atoms with Crippen LogP contribution < -0.4 is 5.32 Å². The summed E-state index contributed by atoms with van der Waals surface area (Å²) < 4.78 is 13.1. The molecule has 1 nitrogen and oxygen atoms in total. The Morgan fingerprint density at radius 2 is 2.00 bits per heavy atom. The zero-order valence-electron chi connectivity index (χ0n) is 9.97. The summed E-state index contributed by atoms with van der Waals surface area (Å²) in [5.74, 6) is 0.409. The first-order valence-corrected chi connectivity index (χ1v) is 5.47. The van der Waals surface area contributed by atoms with Crippen LogP contribution in [-0.4, -0.2) is 13.1 Å². The van der Waals surface area contributed by atoms with Crippen molar-refractivity contribution in [2.24, 2.45) is 5.92 Å². The molecule has 0 aliphatic heterocycles. The Hall–Kier alpha value is -0.890. The van der Waals surface area contributed by atoms with E-state index in [1.54, 1.807) is 6.07 Å². The van der Waals surface area contributed by atoms with E-state index in [9.17, 15) is 4.39 Å². The Balaban J connectivity index is 2.82. The Kier molecular flexibility index (Phi) is 4.28. The van der Waals surface area contributed by atoms with Crippen LogP contribution in [0.4, 0.5) is 4.39 Å². The lowest BCUT2D eigenvalue weighted by molar-refractivity contribution is 0.423. The molecule has 0 aliphatic carbocycles. The van der Waals surface area contributed by atoms with E-state index in [4.69, 9.17) is 0 Å². The molecule has 0 spiro atoms. The number of aryl methyl sites for hydroxylation is 1. The van der Waals surface area contributed by atoms with Crippen LogP contribution in [0.3, 0.4) is 0 Å². The molecule has 0 fully saturated rings. The SMILES string of the molecule is CNC(Cc1cc(F)ccc1C)C(C)C. The van der Waals surface area contributed by atoms with Crippen LogP contribution in [0.25, 0.3) is 0 Å². The molecule has 0 saturated carbocycles. The zero-order valence-corrected chi connectivity index (χ0v) is 9.97. The molecule has 2 heteroatoms. The summed E-state index contributed by atoms with van der Waals surface area (Å²) >= 11 is 0. The lowest BCUT2D eigenvalue weighted by Gasteiger charge is -2.21. The second-order valence-electron chi connectivity index (χ2n) is 4.41. The minimum atomic E-state index is -0.144. The molecule has 0 bridgehead atoms. The monoisotopic (exact) mass is 209 g/mol. The van der Waals surface area contributed by atoms with Crippen LogP contribution in [0, 0.1) is 18.7 Å². The van der Waals surface area contributed by atoms with E-state index >= 15 is 0 Å². The quantitative estimate of drug-likeness (QED) is 0.804. The van der Waals surface area contributed by atoms with Crippen molar-refractivity contribution >= 4 is 0 Å². The van der Waals surface area contributed by atoms with Crippen molar-refractivity contribution in [3.63, 3.8) is 0 Å². The summed E-state index contributed by atoms with van der Waals surface area (Å²) in [6.45, 7) is 6.38. The predicted molar refractivity (Wildman–Crippen MR) is 62.5 cm³/mol. The van der Waals surface area contributed by atoms with E-state index < -0.39 is 0 Å². The van der Waals surface area contributed by atoms with Crippen LogP contribution in [0.15, 0.2) is 18.2 Å². The molecule has 1 N–H and O–H groups in total. The van der Waals surface area contributed by atoms with Crippen LogP contribution in [-0.2, 0) is 6.42 Å². The largest absolute Gasteiger partial charge is 0.316 e. The van der Waals surface area contributed by atoms with E-state index in [0.29, 0.717) is 12.0 Å². The van der Waals surface area contributed by atoms with Gasteiger partial charge in [0.05, 0.1) is 0 Å². The first-order valence-electron chi connectivity index (χ1n) is 5.47. The maximum Gasteiger partial charge on any atom is 0.123 e. The third-order valence-corrected chi connectivity index (χ3v) is 2.93. The lowest BCUT2D eigenvalue weighted by atomic mass is 9.94. The van der Waals surface area contributed by atoms with Gasteiger partial charge in [-0.15, -0.1) is 0 Å². The molecule has 0 aromatic heterocycles. The number of likely N-dealkylation sites (N-methyl/N-ethyl adjacent to an activating group) is 1. The maximum absolute atomic E-state index is 13.1. The van der Waals surface area contributed by atoms with Crippen molar-refractivity contribution in [3.8, 4) is 0 Å². The molecule has 1 aromatic carbocycles. The zero-order chi connectivity index (χ0) is 11.4. The van der Waals surface area contributed by atoms with Crippen molar-refractivity contribution in [2.75, 3.05) is 7.05 Å². The molecule has 0 amide bonds. The highest BCUT2D eigenvalue weighted by molar-refractivity contribution is 5.27. The van der Waals surface area contributed by atoms with Crippen molar-refractivity contribution in [3.05, 3.63) is 35.1 Å². The predicted octanol–water partition coefficient (Wildman–Crippen LogP) is 2.92. The highest BCUT2D eigenvalue weighted by atomic mass is 19.1. The van der Waals surface area contributed by atoms with Crippen LogP contribution in [0.2, 0.25) is 0 Å². The highest BCUT2D eigenvalue weighted by Gasteiger charge is 2.13. The van der Waals surface area contributed by atoms with Gasteiger partial charge in [0, 0.05) is 6.04 Å². The minimum absolute atomic E-state index is 0.144. The highest BCUT2D eigenvalue weighted by Crippen LogP contribution is 2.15. The van der Waals surface area contributed by atoms with Gasteiger partial charge in [-0.25, -0.2) is 4.39 Å². The summed E-state index contributed by atoms with van der Waals surface area (Å²) in [6, 6.07) is 5.41. The summed E-state index contributed by atoms with van der Waals surface area (Å²) in [4.78, 5) is 0. The second-order valence-corrected chi connectivity index (χ2v) is 4.41. The fourth-order valence-electron chi connectivity index (χ4n) is 1.77. The molecule has 1 unspecified atom stereocenters. The molecule has 0 heterocycles. The molecule has 84 valence electrons. The van der Waals surface area contributed by atoms with E-state index in [1.165, 1.54) is 6.07 Å². The number of rotatable bonds is 4. The molecular weight excluding hydrogens is 189 g/mol. The maximum atomic E-state index is 13.1. The summed E-state index contributed by atoms with van der Waals surface area (Å²) in [6.07, 6.45) is 0.887. The van der Waals surface area contributed by atoms with Crippen molar-refractivity contribution in [2.45, 2.75) is 33.2 Å². The summed E-state index contributed by atoms with van der Waals surface area (Å²) in [5, 5.41) is 3.27. The Morgan fingerprint density at radius 1 is 1.33 bits per heavy atom. The topological polar surface area (TPSA) is 12.0 Å². The number of nitrogens with one attached hydrogen (secondary N) is 1. The minimum Gasteiger partial charge on any atom is -0.316 e. The van der Waals surface area contributed by atoms with Gasteiger partial charge in [-0.05, 0) is 49.6 Å². The Bertz CT molecular complexity index is 320. The third-order valence-electron chi connectivity index (χ3n) is 2.93. The number of hydrogen-bond acceptors (Lipinski definition) is 1. The molecule has 1 atom stereocenters. The van der Waals surface area contributed by atoms with E-state index in [0.717, 1.165) is 17.5 Å². The van der Waals surface area contributed by atoms with Gasteiger partial charge in [0.15, 0.2) is 0 Å². The van der Waals surface area contributed by atoms with Crippen molar-refractivity contribution < 1.29 is 4.39 Å². The summed E-state index contributed by atoms with van der Waals surface area (Å²) in [5.41, 5.74) is 2.26. The fraction of sp³-hybridized carbons (Fsp3) is 0.538. The lowest BCUT2D eigenvalue weighted by Crippen LogP contribution is -2.32. The summed E-state index contributed by atoms with van der Waals surface area (Å²) in [7, 11) is 1.96. The van der Waals surface area contributed by atoms with Crippen LogP contribution in [0.5, 0.6) is 0 Å². The van der Waals surface area contributed by atoms with Crippen molar-refractivity contribution in [1.29, 1.82) is 0 Å². The van der Waals surface area contributed by atoms with E-state index in [-0.39, 0.29) is 5.82 Å².